The summed E-state index contributed by atoms with van der Waals surface area (Å²) in [7, 11) is 0. The molecule has 2 nitrogen and oxygen atoms in total. The lowest BCUT2D eigenvalue weighted by molar-refractivity contribution is -0.00727. The van der Waals surface area contributed by atoms with Crippen LogP contribution in [0.15, 0.2) is 0 Å². The van der Waals surface area contributed by atoms with Gasteiger partial charge in [0.25, 0.3) is 0 Å². The van der Waals surface area contributed by atoms with Gasteiger partial charge in [-0.1, -0.05) is 20.8 Å². The molecule has 12 heavy (non-hydrogen) atoms. The molecule has 0 aromatic carbocycles. The molecule has 0 spiro atoms. The third kappa shape index (κ3) is 0.686. The lowest BCUT2D eigenvalue weighted by Gasteiger charge is -2.36. The van der Waals surface area contributed by atoms with Crippen molar-refractivity contribution >= 4 is 0 Å². The number of aliphatic hydroxyl groups excluding tert-OH is 2. The summed E-state index contributed by atoms with van der Waals surface area (Å²) in [5.74, 6) is 0.303. The molecule has 2 aliphatic rings. The second-order valence-electron chi connectivity index (χ2n) is 5.27. The number of aliphatic hydroxyl groups is 2. The molecule has 2 fully saturated rings. The van der Waals surface area contributed by atoms with Crippen LogP contribution < -0.4 is 0 Å². The van der Waals surface area contributed by atoms with Crippen LogP contribution in [-0.4, -0.2) is 22.4 Å². The lowest BCUT2D eigenvalue weighted by Crippen LogP contribution is -2.36. The quantitative estimate of drug-likeness (QED) is 0.573. The van der Waals surface area contributed by atoms with Crippen LogP contribution in [-0.2, 0) is 0 Å². The second-order valence-corrected chi connectivity index (χ2v) is 5.27. The topological polar surface area (TPSA) is 40.5 Å². The van der Waals surface area contributed by atoms with E-state index in [1.165, 1.54) is 0 Å². The van der Waals surface area contributed by atoms with Gasteiger partial charge in [0, 0.05) is 5.41 Å². The zero-order valence-electron chi connectivity index (χ0n) is 8.04. The van der Waals surface area contributed by atoms with Crippen molar-refractivity contribution in [2.24, 2.45) is 16.7 Å². The number of hydrogen-bond acceptors (Lipinski definition) is 2. The molecule has 0 aromatic heterocycles. The van der Waals surface area contributed by atoms with Gasteiger partial charge >= 0.3 is 0 Å². The van der Waals surface area contributed by atoms with Crippen LogP contribution in [0.2, 0.25) is 0 Å². The van der Waals surface area contributed by atoms with Crippen molar-refractivity contribution in [3.05, 3.63) is 0 Å². The van der Waals surface area contributed by atoms with Crippen LogP contribution in [0.3, 0.4) is 0 Å². The minimum absolute atomic E-state index is 0.0584. The van der Waals surface area contributed by atoms with E-state index < -0.39 is 0 Å². The summed E-state index contributed by atoms with van der Waals surface area (Å²) < 4.78 is 0. The fraction of sp³-hybridized carbons (Fsp3) is 1.00. The Bertz CT molecular complexity index is 212. The van der Waals surface area contributed by atoms with Gasteiger partial charge < -0.3 is 10.2 Å². The summed E-state index contributed by atoms with van der Waals surface area (Å²) in [5.41, 5.74) is 0.0446. The third-order valence-corrected chi connectivity index (χ3v) is 4.71. The predicted octanol–water partition coefficient (Wildman–Crippen LogP) is 1.16. The van der Waals surface area contributed by atoms with Gasteiger partial charge in [-0.05, 0) is 24.2 Å². The van der Waals surface area contributed by atoms with Gasteiger partial charge in [-0.3, -0.25) is 0 Å². The van der Waals surface area contributed by atoms with E-state index in [1.54, 1.807) is 0 Å². The first-order valence-electron chi connectivity index (χ1n) is 4.76. The van der Waals surface area contributed by atoms with E-state index in [-0.39, 0.29) is 23.0 Å². The van der Waals surface area contributed by atoms with Gasteiger partial charge in [-0.2, -0.15) is 0 Å². The Hall–Kier alpha value is -0.0800. The van der Waals surface area contributed by atoms with Gasteiger partial charge in [0.05, 0.1) is 12.2 Å². The summed E-state index contributed by atoms with van der Waals surface area (Å²) in [6.07, 6.45) is 1.16. The van der Waals surface area contributed by atoms with Crippen molar-refractivity contribution in [2.75, 3.05) is 0 Å². The number of hydrogen-bond donors (Lipinski definition) is 2. The van der Waals surface area contributed by atoms with Crippen LogP contribution in [0.25, 0.3) is 0 Å². The standard InChI is InChI=1S/C10H18O2/c1-9(2)6-4-8(12)10(9,3)5-7(6)11/h6-8,11-12H,4-5H2,1-3H3/t6-,7-,8+,10?/m0/s1. The van der Waals surface area contributed by atoms with Crippen molar-refractivity contribution in [1.29, 1.82) is 0 Å². The minimum Gasteiger partial charge on any atom is -0.393 e. The van der Waals surface area contributed by atoms with Gasteiger partial charge in [-0.15, -0.1) is 0 Å². The monoisotopic (exact) mass is 170 g/mol. The molecule has 0 radical (unpaired) electrons. The molecule has 0 aromatic rings. The maximum absolute atomic E-state index is 9.82. The van der Waals surface area contributed by atoms with Crippen molar-refractivity contribution in [2.45, 2.75) is 45.8 Å². The van der Waals surface area contributed by atoms with Gasteiger partial charge in [0.15, 0.2) is 0 Å². The van der Waals surface area contributed by atoms with Crippen LogP contribution in [0.5, 0.6) is 0 Å². The van der Waals surface area contributed by atoms with Gasteiger partial charge in [-0.25, -0.2) is 0 Å². The number of rotatable bonds is 0. The molecule has 4 atom stereocenters. The first kappa shape index (κ1) is 8.52. The highest BCUT2D eigenvalue weighted by Crippen LogP contribution is 2.65. The Morgan fingerprint density at radius 1 is 1.17 bits per heavy atom. The first-order chi connectivity index (χ1) is 5.39. The van der Waals surface area contributed by atoms with E-state index in [0.29, 0.717) is 5.92 Å². The van der Waals surface area contributed by atoms with Crippen LogP contribution >= 0.6 is 0 Å². The lowest BCUT2D eigenvalue weighted by atomic mass is 9.70. The molecule has 1 unspecified atom stereocenters. The molecule has 2 saturated carbocycles. The molecule has 2 rings (SSSR count). The summed E-state index contributed by atoms with van der Waals surface area (Å²) in [6, 6.07) is 0. The van der Waals surface area contributed by atoms with E-state index in [9.17, 15) is 10.2 Å². The molecule has 2 bridgehead atoms. The minimum atomic E-state index is -0.208. The van der Waals surface area contributed by atoms with Crippen molar-refractivity contribution < 1.29 is 10.2 Å². The molecule has 0 saturated heterocycles. The average Bonchev–Trinajstić information content (AvgIpc) is 2.18. The van der Waals surface area contributed by atoms with Crippen LogP contribution in [0.1, 0.15) is 33.6 Å². The normalized spacial score (nSPS) is 56.2. The van der Waals surface area contributed by atoms with E-state index in [2.05, 4.69) is 20.8 Å². The van der Waals surface area contributed by atoms with E-state index in [4.69, 9.17) is 0 Å². The fourth-order valence-electron chi connectivity index (χ4n) is 3.26. The van der Waals surface area contributed by atoms with Crippen molar-refractivity contribution in [3.63, 3.8) is 0 Å². The van der Waals surface area contributed by atoms with Crippen molar-refractivity contribution in [1.82, 2.24) is 0 Å². The average molecular weight is 170 g/mol. The molecular weight excluding hydrogens is 152 g/mol. The van der Waals surface area contributed by atoms with Gasteiger partial charge in [0.2, 0.25) is 0 Å². The zero-order chi connectivity index (χ0) is 9.15. The predicted molar refractivity (Wildman–Crippen MR) is 46.6 cm³/mol. The highest BCUT2D eigenvalue weighted by atomic mass is 16.3. The van der Waals surface area contributed by atoms with Gasteiger partial charge in [0.1, 0.15) is 0 Å². The highest BCUT2D eigenvalue weighted by molar-refractivity contribution is 5.13. The maximum Gasteiger partial charge on any atom is 0.0603 e. The maximum atomic E-state index is 9.82. The molecular formula is C10H18O2. The summed E-state index contributed by atoms with van der Waals surface area (Å²) >= 11 is 0. The Balaban J connectivity index is 2.41. The Morgan fingerprint density at radius 3 is 2.00 bits per heavy atom. The molecule has 2 heteroatoms. The van der Waals surface area contributed by atoms with E-state index >= 15 is 0 Å². The zero-order valence-corrected chi connectivity index (χ0v) is 8.04. The Morgan fingerprint density at radius 2 is 1.75 bits per heavy atom. The van der Waals surface area contributed by atoms with Crippen LogP contribution in [0.4, 0.5) is 0 Å². The number of fused-ring (bicyclic) bond motifs is 2. The molecule has 0 heterocycles. The van der Waals surface area contributed by atoms with Crippen LogP contribution in [0, 0.1) is 16.7 Å². The molecule has 0 aliphatic heterocycles. The summed E-state index contributed by atoms with van der Waals surface area (Å²) in [4.78, 5) is 0. The smallest absolute Gasteiger partial charge is 0.0603 e. The third-order valence-electron chi connectivity index (χ3n) is 4.71. The van der Waals surface area contributed by atoms with E-state index in [1.807, 2.05) is 0 Å². The summed E-state index contributed by atoms with van der Waals surface area (Å²) in [5, 5.41) is 19.5. The molecule has 70 valence electrons. The van der Waals surface area contributed by atoms with E-state index in [0.717, 1.165) is 12.8 Å². The largest absolute Gasteiger partial charge is 0.393 e. The molecule has 0 amide bonds. The second kappa shape index (κ2) is 2.05. The first-order valence-corrected chi connectivity index (χ1v) is 4.76. The molecule has 2 N–H and O–H groups in total. The fourth-order valence-corrected chi connectivity index (χ4v) is 3.26. The highest BCUT2D eigenvalue weighted by Gasteiger charge is 2.64. The Labute approximate surface area is 73.6 Å². The SMILES string of the molecule is CC1(C)[C@H]2C[C@@H](O)C1(C)C[C@@H]2O. The molecule has 2 aliphatic carbocycles. The Kier molecular flexibility index (Phi) is 1.45. The van der Waals surface area contributed by atoms with Crippen molar-refractivity contribution in [3.8, 4) is 0 Å². The summed E-state index contributed by atoms with van der Waals surface area (Å²) in [6.45, 7) is 6.45.